The first-order valence-electron chi connectivity index (χ1n) is 24.6. The Morgan fingerprint density at radius 3 is 1.89 bits per heavy atom. The number of carbonyl (C=O) groups excluding carboxylic acids is 10. The van der Waals surface area contributed by atoms with E-state index < -0.39 is 126 Å². The number of rotatable bonds is 29. The van der Waals surface area contributed by atoms with Crippen molar-refractivity contribution < 1.29 is 47.9 Å². The van der Waals surface area contributed by atoms with Gasteiger partial charge in [-0.25, -0.2) is 0 Å². The number of nitrogens with two attached hydrogens (primary N) is 5. The third-order valence-corrected chi connectivity index (χ3v) is 13.1. The summed E-state index contributed by atoms with van der Waals surface area (Å²) in [5, 5.41) is 19.9. The van der Waals surface area contributed by atoms with E-state index in [1.54, 1.807) is 44.2 Å². The Labute approximate surface area is 451 Å². The van der Waals surface area contributed by atoms with Crippen LogP contribution in [0.1, 0.15) is 57.1 Å². The molecule has 10 amide bonds. The van der Waals surface area contributed by atoms with Gasteiger partial charge in [0, 0.05) is 37.4 Å². The van der Waals surface area contributed by atoms with Crippen LogP contribution in [0.25, 0.3) is 10.8 Å². The summed E-state index contributed by atoms with van der Waals surface area (Å²) in [6.07, 6.45) is 0.0499. The molecule has 76 heavy (non-hydrogen) atoms. The van der Waals surface area contributed by atoms with Crippen LogP contribution in [0.4, 0.5) is 0 Å². The predicted octanol–water partition coefficient (Wildman–Crippen LogP) is -3.10. The number of likely N-dealkylation sites (tertiary alicyclic amines) is 1. The van der Waals surface area contributed by atoms with Crippen molar-refractivity contribution in [3.05, 3.63) is 83.9 Å². The molecule has 3 aromatic rings. The predicted molar refractivity (Wildman–Crippen MR) is 291 cm³/mol. The van der Waals surface area contributed by atoms with Gasteiger partial charge in [0.05, 0.1) is 19.0 Å². The molecule has 0 bridgehead atoms. The second-order valence-electron chi connectivity index (χ2n) is 18.5. The smallest absolute Gasteiger partial charge is 0.246 e. The third kappa shape index (κ3) is 18.7. The van der Waals surface area contributed by atoms with Gasteiger partial charge in [-0.05, 0) is 53.5 Å². The molecule has 1 heterocycles. The van der Waals surface area contributed by atoms with Crippen LogP contribution in [-0.4, -0.2) is 149 Å². The fourth-order valence-electron chi connectivity index (χ4n) is 8.35. The SMILES string of the molecule is CC(C)[C@H](NC(=O)[C@H](Cc1ccccc1)NC(=O)[C@H](Cc1cccc2ccccc12)NC(=O)[C@@H](N)CS)C(=O)N[C@@H](CC(N)=O)C(=O)N[C@@H](CS)C(=O)N1CCC[C@H]1C(=O)N[C@@H](CCCN=C(N)N)C(=O)NCC(N)=O. The van der Waals surface area contributed by atoms with Crippen molar-refractivity contribution in [2.45, 2.75) is 107 Å². The molecule has 0 unspecified atom stereocenters. The van der Waals surface area contributed by atoms with Gasteiger partial charge < -0.3 is 70.8 Å². The fourth-order valence-corrected chi connectivity index (χ4v) is 8.77. The lowest BCUT2D eigenvalue weighted by Crippen LogP contribution is -2.61. The fraction of sp³-hybridized carbons (Fsp3) is 0.460. The van der Waals surface area contributed by atoms with Gasteiger partial charge in [-0.15, -0.1) is 0 Å². The second kappa shape index (κ2) is 30.2. The summed E-state index contributed by atoms with van der Waals surface area (Å²) in [5.41, 5.74) is 28.9. The normalized spacial score (nSPS) is 15.8. The summed E-state index contributed by atoms with van der Waals surface area (Å²) in [4.78, 5) is 140. The number of nitrogens with one attached hydrogen (secondary N) is 7. The minimum Gasteiger partial charge on any atom is -0.370 e. The lowest BCUT2D eigenvalue weighted by molar-refractivity contribution is -0.142. The molecular formula is C50H70N14O10S2. The van der Waals surface area contributed by atoms with E-state index in [9.17, 15) is 47.9 Å². The van der Waals surface area contributed by atoms with E-state index in [1.807, 2.05) is 42.5 Å². The molecule has 0 spiro atoms. The van der Waals surface area contributed by atoms with Gasteiger partial charge in [0.1, 0.15) is 42.3 Å². The molecule has 8 atom stereocenters. The maximum atomic E-state index is 14.4. The number of thiol groups is 2. The molecular weight excluding hydrogens is 1020 g/mol. The minimum absolute atomic E-state index is 0.0107. The molecule has 1 aliphatic rings. The Morgan fingerprint density at radius 2 is 1.25 bits per heavy atom. The van der Waals surface area contributed by atoms with E-state index in [-0.39, 0.29) is 62.7 Å². The Kier molecular flexibility index (Phi) is 24.3. The van der Waals surface area contributed by atoms with Crippen molar-refractivity contribution in [1.82, 2.24) is 42.1 Å². The molecule has 24 nitrogen and oxygen atoms in total. The molecule has 0 aromatic heterocycles. The molecule has 1 aliphatic heterocycles. The molecule has 0 radical (unpaired) electrons. The van der Waals surface area contributed by atoms with Gasteiger partial charge in [-0.2, -0.15) is 25.3 Å². The second-order valence-corrected chi connectivity index (χ2v) is 19.3. The zero-order valence-corrected chi connectivity index (χ0v) is 44.2. The van der Waals surface area contributed by atoms with E-state index in [0.29, 0.717) is 12.0 Å². The molecule has 4 rings (SSSR count). The number of carbonyl (C=O) groups is 10. The average molecular weight is 1090 g/mol. The highest BCUT2D eigenvalue weighted by molar-refractivity contribution is 7.80. The van der Waals surface area contributed by atoms with Crippen LogP contribution in [0, 0.1) is 5.92 Å². The van der Waals surface area contributed by atoms with Crippen molar-refractivity contribution in [3.63, 3.8) is 0 Å². The molecule has 3 aromatic carbocycles. The Bertz CT molecular complexity index is 2580. The van der Waals surface area contributed by atoms with Crippen molar-refractivity contribution in [3.8, 4) is 0 Å². The summed E-state index contributed by atoms with van der Waals surface area (Å²) in [5.74, 6) is -9.27. The largest absolute Gasteiger partial charge is 0.370 e. The van der Waals surface area contributed by atoms with Crippen LogP contribution < -0.4 is 65.9 Å². The Balaban J connectivity index is 1.53. The number of aliphatic imine (C=N–C) groups is 1. The number of fused-ring (bicyclic) bond motifs is 1. The van der Waals surface area contributed by atoms with Crippen molar-refractivity contribution in [2.24, 2.45) is 39.6 Å². The molecule has 1 fully saturated rings. The Hall–Kier alpha value is -7.45. The van der Waals surface area contributed by atoms with E-state index in [2.05, 4.69) is 67.5 Å². The van der Waals surface area contributed by atoms with Crippen LogP contribution in [-0.2, 0) is 60.8 Å². The number of benzene rings is 3. The molecule has 26 heteroatoms. The molecule has 1 saturated heterocycles. The zero-order valence-electron chi connectivity index (χ0n) is 42.4. The van der Waals surface area contributed by atoms with Crippen LogP contribution in [0.5, 0.6) is 0 Å². The van der Waals surface area contributed by atoms with Crippen LogP contribution >= 0.6 is 25.3 Å². The van der Waals surface area contributed by atoms with Crippen molar-refractivity contribution in [2.75, 3.05) is 31.1 Å². The molecule has 0 saturated carbocycles. The highest BCUT2D eigenvalue weighted by Gasteiger charge is 2.40. The monoisotopic (exact) mass is 1090 g/mol. The maximum absolute atomic E-state index is 14.4. The first-order valence-corrected chi connectivity index (χ1v) is 25.9. The topological polar surface area (TPSA) is 401 Å². The first-order chi connectivity index (χ1) is 36.1. The van der Waals surface area contributed by atoms with Crippen LogP contribution in [0.3, 0.4) is 0 Å². The standard InChI is InChI=1S/C50H70N14O10S2/c1-27(2)41(63-46(71)34(21-28-11-4-3-5-12-28)60-44(69)35(59-42(67)32(51)25-75)22-30-15-8-14-29-13-6-7-16-31(29)30)48(73)61-36(23-39(52)65)45(70)62-37(26-76)49(74)64-20-10-18-38(64)47(72)58-33(17-9-19-56-50(54)55)43(68)57-24-40(53)66/h3-8,11-16,27,32-38,41,75-76H,9-10,17-26,51H2,1-2H3,(H2,52,65)(H2,53,66)(H,57,68)(H,58,72)(H,59,67)(H,60,69)(H,61,73)(H,62,70)(H,63,71)(H4,54,55,56)/t32-,33-,34-,35-,36-,37-,38-,41-/m0/s1. The summed E-state index contributed by atoms with van der Waals surface area (Å²) in [7, 11) is 0. The van der Waals surface area contributed by atoms with Gasteiger partial charge in [-0.1, -0.05) is 86.6 Å². The quantitative estimate of drug-likeness (QED) is 0.0142. The number of hydrogen-bond acceptors (Lipinski definition) is 14. The maximum Gasteiger partial charge on any atom is 0.246 e. The minimum atomic E-state index is -1.68. The molecule has 412 valence electrons. The van der Waals surface area contributed by atoms with Gasteiger partial charge in [-0.3, -0.25) is 52.9 Å². The van der Waals surface area contributed by atoms with Crippen molar-refractivity contribution in [1.29, 1.82) is 0 Å². The summed E-state index contributed by atoms with van der Waals surface area (Å²) < 4.78 is 0. The van der Waals surface area contributed by atoms with Gasteiger partial charge >= 0.3 is 0 Å². The number of hydrogen-bond donors (Lipinski definition) is 14. The number of primary amides is 2. The van der Waals surface area contributed by atoms with E-state index in [1.165, 1.54) is 4.90 Å². The summed E-state index contributed by atoms with van der Waals surface area (Å²) in [6.45, 7) is 2.92. The third-order valence-electron chi connectivity index (χ3n) is 12.3. The van der Waals surface area contributed by atoms with Gasteiger partial charge in [0.25, 0.3) is 0 Å². The molecule has 0 aliphatic carbocycles. The molecule has 17 N–H and O–H groups in total. The zero-order chi connectivity index (χ0) is 56.1. The van der Waals surface area contributed by atoms with E-state index >= 15 is 0 Å². The Morgan fingerprint density at radius 1 is 0.645 bits per heavy atom. The lowest BCUT2D eigenvalue weighted by Gasteiger charge is -2.30. The number of amides is 10. The van der Waals surface area contributed by atoms with Crippen molar-refractivity contribution >= 4 is 101 Å². The number of nitrogens with zero attached hydrogens (tertiary/aromatic N) is 2. The average Bonchev–Trinajstić information content (AvgIpc) is 3.89. The van der Waals surface area contributed by atoms with Crippen LogP contribution in [0.15, 0.2) is 77.8 Å². The number of guanidine groups is 1. The highest BCUT2D eigenvalue weighted by Crippen LogP contribution is 2.22. The van der Waals surface area contributed by atoms with E-state index in [4.69, 9.17) is 28.7 Å². The van der Waals surface area contributed by atoms with E-state index in [0.717, 1.165) is 16.3 Å². The first kappa shape index (κ1) is 61.1. The summed E-state index contributed by atoms with van der Waals surface area (Å²) in [6, 6.07) is 11.4. The summed E-state index contributed by atoms with van der Waals surface area (Å²) >= 11 is 8.43. The van der Waals surface area contributed by atoms with Gasteiger partial charge in [0.2, 0.25) is 59.1 Å². The highest BCUT2D eigenvalue weighted by atomic mass is 32.1. The van der Waals surface area contributed by atoms with Gasteiger partial charge in [0.15, 0.2) is 5.96 Å². The lowest BCUT2D eigenvalue weighted by atomic mass is 9.97. The van der Waals surface area contributed by atoms with Crippen LogP contribution in [0.2, 0.25) is 0 Å².